The van der Waals surface area contributed by atoms with E-state index < -0.39 is 27.7 Å². The first kappa shape index (κ1) is 25.5. The summed E-state index contributed by atoms with van der Waals surface area (Å²) in [6.07, 6.45) is 1.60. The predicted octanol–water partition coefficient (Wildman–Crippen LogP) is 1.88. The molecule has 0 aromatic carbocycles. The fraction of sp³-hybridized carbons (Fsp3) is 0.600. The van der Waals surface area contributed by atoms with E-state index in [1.54, 1.807) is 20.8 Å². The van der Waals surface area contributed by atoms with E-state index in [9.17, 15) is 18.0 Å². The van der Waals surface area contributed by atoms with Crippen LogP contribution in [0.3, 0.4) is 0 Å². The van der Waals surface area contributed by atoms with E-state index in [2.05, 4.69) is 10.3 Å². The zero-order chi connectivity index (χ0) is 23.9. The fourth-order valence-electron chi connectivity index (χ4n) is 3.06. The zero-order valence-electron chi connectivity index (χ0n) is 18.5. The highest BCUT2D eigenvalue weighted by Crippen LogP contribution is 2.26. The minimum absolute atomic E-state index is 0.0169. The predicted molar refractivity (Wildman–Crippen MR) is 115 cm³/mol. The van der Waals surface area contributed by atoms with E-state index in [1.807, 2.05) is 0 Å². The highest BCUT2D eigenvalue weighted by molar-refractivity contribution is 7.89. The minimum atomic E-state index is -3.73. The summed E-state index contributed by atoms with van der Waals surface area (Å²) < 4.78 is 37.4. The lowest BCUT2D eigenvalue weighted by Crippen LogP contribution is -2.38. The van der Waals surface area contributed by atoms with E-state index in [4.69, 9.17) is 20.0 Å². The highest BCUT2D eigenvalue weighted by Gasteiger charge is 2.30. The van der Waals surface area contributed by atoms with Crippen LogP contribution in [0.5, 0.6) is 5.88 Å². The Hall–Kier alpha value is -2.73. The van der Waals surface area contributed by atoms with Crippen LogP contribution in [0.4, 0.5) is 4.79 Å². The first-order chi connectivity index (χ1) is 14.9. The van der Waals surface area contributed by atoms with Crippen molar-refractivity contribution in [2.75, 3.05) is 26.2 Å². The number of hydrogen-bond donors (Lipinski definition) is 3. The van der Waals surface area contributed by atoms with Crippen molar-refractivity contribution in [2.45, 2.75) is 50.5 Å². The average Bonchev–Trinajstić information content (AvgIpc) is 2.70. The van der Waals surface area contributed by atoms with Gasteiger partial charge in [-0.05, 0) is 45.6 Å². The van der Waals surface area contributed by atoms with E-state index in [-0.39, 0.29) is 55.1 Å². The smallest absolute Gasteiger partial charge is 0.407 e. The minimum Gasteiger partial charge on any atom is -0.481 e. The number of carbonyl (C=O) groups is 2. The number of piperidine rings is 1. The van der Waals surface area contributed by atoms with Crippen molar-refractivity contribution in [3.05, 3.63) is 18.3 Å². The maximum atomic E-state index is 12.8. The lowest BCUT2D eigenvalue weighted by atomic mass is 9.95. The number of carbonyl (C=O) groups excluding carboxylic acids is 1. The molecule has 0 radical (unpaired) electrons. The molecule has 1 aromatic rings. The molecule has 11 nitrogen and oxygen atoms in total. The van der Waals surface area contributed by atoms with Crippen LogP contribution in [0, 0.1) is 11.3 Å². The van der Waals surface area contributed by atoms with Gasteiger partial charge in [0, 0.05) is 25.6 Å². The normalized spacial score (nSPS) is 15.7. The van der Waals surface area contributed by atoms with Crippen LogP contribution in [0.1, 0.15) is 40.0 Å². The number of ether oxygens (including phenoxy) is 2. The number of hydrogen-bond acceptors (Lipinski definition) is 8. The number of aromatic nitrogens is 1. The Morgan fingerprint density at radius 3 is 2.47 bits per heavy atom. The number of nitrogens with one attached hydrogen (secondary N) is 2. The summed E-state index contributed by atoms with van der Waals surface area (Å²) in [5.74, 6) is -0.751. The number of sulfonamides is 1. The van der Waals surface area contributed by atoms with Crippen LogP contribution in [0.15, 0.2) is 23.2 Å². The Morgan fingerprint density at radius 1 is 1.28 bits per heavy atom. The monoisotopic (exact) mass is 470 g/mol. The zero-order valence-corrected chi connectivity index (χ0v) is 19.3. The van der Waals surface area contributed by atoms with Gasteiger partial charge in [0.05, 0.1) is 18.5 Å². The number of nitrogens with zero attached hydrogens (tertiary/aromatic N) is 2. The van der Waals surface area contributed by atoms with E-state index >= 15 is 0 Å². The van der Waals surface area contributed by atoms with Gasteiger partial charge in [-0.2, -0.15) is 4.31 Å². The van der Waals surface area contributed by atoms with Gasteiger partial charge in [-0.3, -0.25) is 4.79 Å². The van der Waals surface area contributed by atoms with Crippen molar-refractivity contribution in [1.29, 1.82) is 5.41 Å². The van der Waals surface area contributed by atoms with Crippen LogP contribution in [-0.2, 0) is 19.6 Å². The number of alkyl carbamates (subject to hydrolysis) is 1. The summed E-state index contributed by atoms with van der Waals surface area (Å²) in [5.41, 5.74) is -0.554. The topological polar surface area (TPSA) is 159 Å². The Kier molecular flexibility index (Phi) is 8.56. The van der Waals surface area contributed by atoms with Gasteiger partial charge in [0.2, 0.25) is 15.9 Å². The van der Waals surface area contributed by atoms with Crippen molar-refractivity contribution in [1.82, 2.24) is 14.6 Å². The summed E-state index contributed by atoms with van der Waals surface area (Å²) in [4.78, 5) is 26.4. The second kappa shape index (κ2) is 10.7. The quantitative estimate of drug-likeness (QED) is 0.461. The molecule has 1 saturated heterocycles. The fourth-order valence-corrected chi connectivity index (χ4v) is 4.48. The van der Waals surface area contributed by atoms with Crippen molar-refractivity contribution in [3.8, 4) is 5.88 Å². The molecule has 2 heterocycles. The molecule has 2 rings (SSSR count). The van der Waals surface area contributed by atoms with Crippen LogP contribution in [0.25, 0.3) is 0 Å². The second-order valence-corrected chi connectivity index (χ2v) is 10.5. The number of carboxylic acid groups (broad SMARTS) is 1. The third-order valence-corrected chi connectivity index (χ3v) is 6.51. The van der Waals surface area contributed by atoms with E-state index in [0.29, 0.717) is 12.8 Å². The molecule has 178 valence electrons. The third kappa shape index (κ3) is 8.08. The molecule has 0 saturated carbocycles. The van der Waals surface area contributed by atoms with Gasteiger partial charge in [-0.1, -0.05) is 0 Å². The van der Waals surface area contributed by atoms with E-state index in [0.717, 1.165) is 0 Å². The first-order valence-electron chi connectivity index (χ1n) is 10.2. The van der Waals surface area contributed by atoms with Gasteiger partial charge in [-0.15, -0.1) is 0 Å². The van der Waals surface area contributed by atoms with Gasteiger partial charge in [-0.25, -0.2) is 18.2 Å². The molecule has 1 aromatic heterocycles. The molecule has 3 N–H and O–H groups in total. The summed E-state index contributed by atoms with van der Waals surface area (Å²) in [7, 11) is -3.73. The molecule has 0 spiro atoms. The Labute approximate surface area is 187 Å². The van der Waals surface area contributed by atoms with Gasteiger partial charge in [0.25, 0.3) is 0 Å². The van der Waals surface area contributed by atoms with E-state index in [1.165, 1.54) is 22.6 Å². The first-order valence-corrected chi connectivity index (χ1v) is 11.6. The molecule has 0 aliphatic carbocycles. The number of carboxylic acids is 1. The maximum Gasteiger partial charge on any atom is 0.407 e. The largest absolute Gasteiger partial charge is 0.481 e. The molecule has 1 fully saturated rings. The van der Waals surface area contributed by atoms with Crippen LogP contribution >= 0.6 is 0 Å². The van der Waals surface area contributed by atoms with Crippen molar-refractivity contribution < 1.29 is 32.6 Å². The van der Waals surface area contributed by atoms with Crippen molar-refractivity contribution >= 4 is 27.8 Å². The molecular weight excluding hydrogens is 440 g/mol. The Morgan fingerprint density at radius 2 is 1.94 bits per heavy atom. The number of amides is 1. The SMILES string of the molecule is CC(C)(C)OC(=O)NCC(=N)COc1ccc(S(=O)(=O)N2CCC(CC(=O)O)CC2)cn1. The molecule has 32 heavy (non-hydrogen) atoms. The van der Waals surface area contributed by atoms with Crippen LogP contribution in [-0.4, -0.2) is 72.4 Å². The number of aliphatic carboxylic acids is 1. The summed E-state index contributed by atoms with van der Waals surface area (Å²) in [6, 6.07) is 2.78. The number of pyridine rings is 1. The third-order valence-electron chi connectivity index (χ3n) is 4.62. The molecule has 1 aliphatic rings. The van der Waals surface area contributed by atoms with Crippen LogP contribution < -0.4 is 10.1 Å². The molecule has 0 atom stereocenters. The molecule has 0 unspecified atom stereocenters. The second-order valence-electron chi connectivity index (χ2n) is 8.53. The van der Waals surface area contributed by atoms with Gasteiger partial charge in [0.1, 0.15) is 17.1 Å². The summed E-state index contributed by atoms with van der Waals surface area (Å²) in [5, 5.41) is 19.2. The Bertz CT molecular complexity index is 918. The molecule has 1 aliphatic heterocycles. The lowest BCUT2D eigenvalue weighted by Gasteiger charge is -2.30. The van der Waals surface area contributed by atoms with Gasteiger partial charge in [0.15, 0.2) is 0 Å². The van der Waals surface area contributed by atoms with Crippen LogP contribution in [0.2, 0.25) is 0 Å². The standard InChI is InChI=1S/C20H30N4O7S/c1-20(2,3)31-19(27)23-11-15(21)13-30-17-5-4-16(12-22-17)32(28,29)24-8-6-14(7-9-24)10-18(25)26/h4-5,12,14,21H,6-11,13H2,1-3H3,(H,23,27)(H,25,26). The van der Waals surface area contributed by atoms with Crippen molar-refractivity contribution in [3.63, 3.8) is 0 Å². The highest BCUT2D eigenvalue weighted by atomic mass is 32.2. The Balaban J connectivity index is 1.83. The molecule has 0 bridgehead atoms. The average molecular weight is 471 g/mol. The molecular formula is C20H30N4O7S. The van der Waals surface area contributed by atoms with Gasteiger partial charge >= 0.3 is 12.1 Å². The molecule has 12 heteroatoms. The molecule has 1 amide bonds. The summed E-state index contributed by atoms with van der Waals surface area (Å²) in [6.45, 7) is 5.54. The van der Waals surface area contributed by atoms with Crippen molar-refractivity contribution in [2.24, 2.45) is 5.92 Å². The maximum absolute atomic E-state index is 12.8. The summed E-state index contributed by atoms with van der Waals surface area (Å²) >= 11 is 0. The lowest BCUT2D eigenvalue weighted by molar-refractivity contribution is -0.138. The number of rotatable bonds is 9. The van der Waals surface area contributed by atoms with Gasteiger partial charge < -0.3 is 25.3 Å².